The van der Waals surface area contributed by atoms with Gasteiger partial charge in [-0.05, 0) is 49.5 Å². The molecule has 3 rings (SSSR count). The van der Waals surface area contributed by atoms with Gasteiger partial charge in [0.1, 0.15) is 0 Å². The van der Waals surface area contributed by atoms with Gasteiger partial charge in [-0.2, -0.15) is 0 Å². The van der Waals surface area contributed by atoms with E-state index >= 15 is 0 Å². The highest BCUT2D eigenvalue weighted by Gasteiger charge is 2.17. The van der Waals surface area contributed by atoms with Crippen molar-refractivity contribution in [3.63, 3.8) is 0 Å². The SMILES string of the molecule is Cn1cc(CC2CCNC2)c2ncccc21. The van der Waals surface area contributed by atoms with E-state index in [1.807, 2.05) is 12.3 Å². The van der Waals surface area contributed by atoms with Crippen molar-refractivity contribution in [1.82, 2.24) is 14.9 Å². The average molecular weight is 215 g/mol. The van der Waals surface area contributed by atoms with Gasteiger partial charge >= 0.3 is 0 Å². The van der Waals surface area contributed by atoms with Crippen LogP contribution in [0.3, 0.4) is 0 Å². The first-order valence-electron chi connectivity index (χ1n) is 5.94. The van der Waals surface area contributed by atoms with E-state index in [4.69, 9.17) is 0 Å². The molecule has 16 heavy (non-hydrogen) atoms. The van der Waals surface area contributed by atoms with E-state index in [-0.39, 0.29) is 0 Å². The maximum atomic E-state index is 4.50. The molecule has 0 aliphatic carbocycles. The Balaban J connectivity index is 1.96. The van der Waals surface area contributed by atoms with Crippen molar-refractivity contribution >= 4 is 11.0 Å². The van der Waals surface area contributed by atoms with Crippen LogP contribution in [0, 0.1) is 5.92 Å². The van der Waals surface area contributed by atoms with Gasteiger partial charge < -0.3 is 9.88 Å². The fourth-order valence-electron chi connectivity index (χ4n) is 2.64. The Morgan fingerprint density at radius 3 is 3.31 bits per heavy atom. The first kappa shape index (κ1) is 9.85. The van der Waals surface area contributed by atoms with Crippen molar-refractivity contribution < 1.29 is 0 Å². The van der Waals surface area contributed by atoms with Crippen LogP contribution in [0.4, 0.5) is 0 Å². The topological polar surface area (TPSA) is 29.9 Å². The van der Waals surface area contributed by atoms with Gasteiger partial charge in [0.2, 0.25) is 0 Å². The number of hydrogen-bond acceptors (Lipinski definition) is 2. The molecule has 0 aromatic carbocycles. The van der Waals surface area contributed by atoms with Crippen LogP contribution in [0.25, 0.3) is 11.0 Å². The van der Waals surface area contributed by atoms with Gasteiger partial charge in [0.25, 0.3) is 0 Å². The van der Waals surface area contributed by atoms with Crippen molar-refractivity contribution in [1.29, 1.82) is 0 Å². The number of rotatable bonds is 2. The molecule has 1 fully saturated rings. The first-order chi connectivity index (χ1) is 7.84. The average Bonchev–Trinajstić information content (AvgIpc) is 2.90. The quantitative estimate of drug-likeness (QED) is 0.826. The summed E-state index contributed by atoms with van der Waals surface area (Å²) in [5.41, 5.74) is 3.81. The second-order valence-corrected chi connectivity index (χ2v) is 4.70. The molecule has 0 saturated carbocycles. The minimum Gasteiger partial charge on any atom is -0.349 e. The highest BCUT2D eigenvalue weighted by atomic mass is 14.9. The van der Waals surface area contributed by atoms with Gasteiger partial charge in [-0.25, -0.2) is 0 Å². The summed E-state index contributed by atoms with van der Waals surface area (Å²) in [7, 11) is 2.10. The smallest absolute Gasteiger partial charge is 0.0912 e. The lowest BCUT2D eigenvalue weighted by molar-refractivity contribution is 0.581. The number of fused-ring (bicyclic) bond motifs is 1. The summed E-state index contributed by atoms with van der Waals surface area (Å²) in [4.78, 5) is 4.50. The molecular formula is C13H17N3. The highest BCUT2D eigenvalue weighted by Crippen LogP contribution is 2.22. The zero-order valence-corrected chi connectivity index (χ0v) is 9.61. The Hall–Kier alpha value is -1.35. The molecule has 0 amide bonds. The molecule has 3 heteroatoms. The number of hydrogen-bond donors (Lipinski definition) is 1. The normalized spacial score (nSPS) is 20.7. The van der Waals surface area contributed by atoms with Crippen LogP contribution in [0.15, 0.2) is 24.5 Å². The fourth-order valence-corrected chi connectivity index (χ4v) is 2.64. The molecule has 2 aromatic heterocycles. The van der Waals surface area contributed by atoms with E-state index in [1.165, 1.54) is 29.6 Å². The Morgan fingerprint density at radius 2 is 2.50 bits per heavy atom. The van der Waals surface area contributed by atoms with Crippen LogP contribution < -0.4 is 5.32 Å². The standard InChI is InChI=1S/C13H17N3/c1-16-9-11(7-10-4-6-14-8-10)13-12(16)3-2-5-15-13/h2-3,5,9-10,14H,4,6-8H2,1H3. The Bertz CT molecular complexity index is 495. The zero-order valence-electron chi connectivity index (χ0n) is 9.61. The Morgan fingerprint density at radius 1 is 1.56 bits per heavy atom. The van der Waals surface area contributed by atoms with Crippen molar-refractivity contribution in [2.45, 2.75) is 12.8 Å². The van der Waals surface area contributed by atoms with Crippen LogP contribution in [0.1, 0.15) is 12.0 Å². The predicted molar refractivity (Wildman–Crippen MR) is 65.4 cm³/mol. The van der Waals surface area contributed by atoms with E-state index in [2.05, 4.69) is 34.2 Å². The fraction of sp³-hybridized carbons (Fsp3) is 0.462. The lowest BCUT2D eigenvalue weighted by Crippen LogP contribution is -2.10. The number of aromatic nitrogens is 2. The summed E-state index contributed by atoms with van der Waals surface area (Å²) in [6.07, 6.45) is 6.57. The van der Waals surface area contributed by atoms with E-state index in [1.54, 1.807) is 0 Å². The number of aryl methyl sites for hydroxylation is 1. The third kappa shape index (κ3) is 1.61. The van der Waals surface area contributed by atoms with Gasteiger partial charge in [0.15, 0.2) is 0 Å². The molecule has 3 nitrogen and oxygen atoms in total. The highest BCUT2D eigenvalue weighted by molar-refractivity contribution is 5.79. The molecule has 0 spiro atoms. The summed E-state index contributed by atoms with van der Waals surface area (Å²) in [5, 5.41) is 3.42. The van der Waals surface area contributed by atoms with Crippen LogP contribution in [0.5, 0.6) is 0 Å². The molecule has 1 aliphatic heterocycles. The first-order valence-corrected chi connectivity index (χ1v) is 5.94. The Labute approximate surface area is 95.5 Å². The largest absolute Gasteiger partial charge is 0.349 e. The second kappa shape index (κ2) is 3.91. The molecule has 1 unspecified atom stereocenters. The third-order valence-electron chi connectivity index (χ3n) is 3.49. The summed E-state index contributed by atoms with van der Waals surface area (Å²) >= 11 is 0. The number of nitrogens with one attached hydrogen (secondary N) is 1. The van der Waals surface area contributed by atoms with E-state index < -0.39 is 0 Å². The molecule has 1 aliphatic rings. The van der Waals surface area contributed by atoms with Crippen LogP contribution in [0.2, 0.25) is 0 Å². The minimum absolute atomic E-state index is 0.785. The second-order valence-electron chi connectivity index (χ2n) is 4.70. The molecule has 1 saturated heterocycles. The van der Waals surface area contributed by atoms with E-state index in [9.17, 15) is 0 Å². The van der Waals surface area contributed by atoms with Crippen LogP contribution in [-0.4, -0.2) is 22.6 Å². The Kier molecular flexibility index (Phi) is 2.40. The molecule has 1 atom stereocenters. The number of pyridine rings is 1. The van der Waals surface area contributed by atoms with Gasteiger partial charge in [-0.1, -0.05) is 0 Å². The summed E-state index contributed by atoms with van der Waals surface area (Å²) in [6.45, 7) is 2.33. The summed E-state index contributed by atoms with van der Waals surface area (Å²) in [5.74, 6) is 0.785. The van der Waals surface area contributed by atoms with Crippen molar-refractivity contribution in [3.8, 4) is 0 Å². The van der Waals surface area contributed by atoms with Gasteiger partial charge in [0, 0.05) is 19.4 Å². The maximum absolute atomic E-state index is 4.50. The van der Waals surface area contributed by atoms with Crippen molar-refractivity contribution in [2.24, 2.45) is 13.0 Å². The summed E-state index contributed by atoms with van der Waals surface area (Å²) < 4.78 is 2.18. The van der Waals surface area contributed by atoms with Crippen LogP contribution >= 0.6 is 0 Å². The minimum atomic E-state index is 0.785. The molecule has 1 N–H and O–H groups in total. The van der Waals surface area contributed by atoms with Gasteiger partial charge in [-0.15, -0.1) is 0 Å². The monoisotopic (exact) mass is 215 g/mol. The number of nitrogens with zero attached hydrogens (tertiary/aromatic N) is 2. The molecule has 84 valence electrons. The van der Waals surface area contributed by atoms with Gasteiger partial charge in [-0.3, -0.25) is 4.98 Å². The summed E-state index contributed by atoms with van der Waals surface area (Å²) in [6, 6.07) is 4.14. The van der Waals surface area contributed by atoms with E-state index in [0.717, 1.165) is 18.9 Å². The van der Waals surface area contributed by atoms with E-state index in [0.29, 0.717) is 0 Å². The molecule has 0 radical (unpaired) electrons. The van der Waals surface area contributed by atoms with Crippen molar-refractivity contribution in [3.05, 3.63) is 30.1 Å². The van der Waals surface area contributed by atoms with Gasteiger partial charge in [0.05, 0.1) is 11.0 Å². The van der Waals surface area contributed by atoms with Crippen molar-refractivity contribution in [2.75, 3.05) is 13.1 Å². The molecular weight excluding hydrogens is 198 g/mol. The van der Waals surface area contributed by atoms with Crippen LogP contribution in [-0.2, 0) is 13.5 Å². The molecule has 0 bridgehead atoms. The predicted octanol–water partition coefficient (Wildman–Crippen LogP) is 1.73. The molecule has 2 aromatic rings. The maximum Gasteiger partial charge on any atom is 0.0912 e. The lowest BCUT2D eigenvalue weighted by Gasteiger charge is -2.05. The zero-order chi connectivity index (χ0) is 11.0. The third-order valence-corrected chi connectivity index (χ3v) is 3.49. The lowest BCUT2D eigenvalue weighted by atomic mass is 10.00. The molecule has 3 heterocycles.